The lowest BCUT2D eigenvalue weighted by atomic mass is 10.2. The average Bonchev–Trinajstić information content (AvgIpc) is 3.35. The van der Waals surface area contributed by atoms with E-state index in [1.807, 2.05) is 42.5 Å². The van der Waals surface area contributed by atoms with E-state index in [0.717, 1.165) is 11.3 Å². The molecule has 0 fully saturated rings. The summed E-state index contributed by atoms with van der Waals surface area (Å²) in [7, 11) is 0. The molecular weight excluding hydrogens is 358 g/mol. The smallest absolute Gasteiger partial charge is 0.320 e. The van der Waals surface area contributed by atoms with E-state index in [-0.39, 0.29) is 6.54 Å². The molecular formula is C18H17N9O. The lowest BCUT2D eigenvalue weighted by molar-refractivity contribution is 0.251. The van der Waals surface area contributed by atoms with E-state index >= 15 is 0 Å². The quantitative estimate of drug-likeness (QED) is 0.490. The molecule has 3 heterocycles. The average molecular weight is 375 g/mol. The molecule has 0 saturated heterocycles. The van der Waals surface area contributed by atoms with Crippen LogP contribution in [0.1, 0.15) is 11.5 Å². The van der Waals surface area contributed by atoms with Crippen LogP contribution in [0.3, 0.4) is 0 Å². The monoisotopic (exact) mass is 375 g/mol. The van der Waals surface area contributed by atoms with Crippen LogP contribution in [0.4, 0.5) is 10.6 Å². The van der Waals surface area contributed by atoms with Gasteiger partial charge in [-0.15, -0.1) is 9.90 Å². The zero-order chi connectivity index (χ0) is 19.3. The number of nitrogens with zero attached hydrogens (tertiary/aromatic N) is 6. The second-order valence-corrected chi connectivity index (χ2v) is 5.91. The maximum absolute atomic E-state index is 12.2. The molecule has 140 valence electrons. The molecule has 4 rings (SSSR count). The number of carbonyl (C=O) groups excluding carboxylic acids is 1. The van der Waals surface area contributed by atoms with Crippen molar-refractivity contribution in [3.8, 4) is 17.1 Å². The molecule has 0 spiro atoms. The van der Waals surface area contributed by atoms with E-state index in [4.69, 9.17) is 0 Å². The standard InChI is InChI=1S/C18H17N9O/c1-12-16(26-27(25-12)14-5-3-2-4-6-14)22-18(28)20-11-15-21-17(24-23-15)13-7-9-19-10-8-13/h2-10H,11H2,1H3,(H,21,23,24)(H2,20,22,26,28). The van der Waals surface area contributed by atoms with E-state index in [1.165, 1.54) is 4.80 Å². The van der Waals surface area contributed by atoms with Crippen molar-refractivity contribution >= 4 is 11.8 Å². The predicted molar refractivity (Wildman–Crippen MR) is 102 cm³/mol. The first-order valence-electron chi connectivity index (χ1n) is 8.55. The van der Waals surface area contributed by atoms with Crippen molar-refractivity contribution in [3.05, 3.63) is 66.4 Å². The lowest BCUT2D eigenvalue weighted by Gasteiger charge is -2.03. The van der Waals surface area contributed by atoms with Crippen LogP contribution in [0, 0.1) is 6.92 Å². The molecule has 28 heavy (non-hydrogen) atoms. The lowest BCUT2D eigenvalue weighted by Crippen LogP contribution is -2.29. The Morgan fingerprint density at radius 1 is 1.11 bits per heavy atom. The third kappa shape index (κ3) is 3.85. The number of rotatable bonds is 5. The van der Waals surface area contributed by atoms with E-state index in [1.54, 1.807) is 19.3 Å². The number of urea groups is 1. The summed E-state index contributed by atoms with van der Waals surface area (Å²) in [5.74, 6) is 1.46. The number of hydrogen-bond donors (Lipinski definition) is 3. The number of hydrogen-bond acceptors (Lipinski definition) is 6. The molecule has 0 atom stereocenters. The van der Waals surface area contributed by atoms with Gasteiger partial charge in [0.2, 0.25) is 0 Å². The molecule has 0 radical (unpaired) electrons. The number of amides is 2. The Kier molecular flexibility index (Phi) is 4.74. The molecule has 1 aromatic carbocycles. The molecule has 0 aliphatic carbocycles. The molecule has 0 aliphatic rings. The minimum atomic E-state index is -0.412. The van der Waals surface area contributed by atoms with Gasteiger partial charge in [-0.1, -0.05) is 18.2 Å². The van der Waals surface area contributed by atoms with Crippen LogP contribution >= 0.6 is 0 Å². The zero-order valence-electron chi connectivity index (χ0n) is 15.0. The van der Waals surface area contributed by atoms with Crippen LogP contribution in [0.2, 0.25) is 0 Å². The molecule has 0 aliphatic heterocycles. The predicted octanol–water partition coefficient (Wildman–Crippen LogP) is 2.08. The number of benzene rings is 1. The molecule has 4 aromatic rings. The van der Waals surface area contributed by atoms with E-state index in [2.05, 4.69) is 41.0 Å². The Hall–Kier alpha value is -4.08. The fourth-order valence-corrected chi connectivity index (χ4v) is 2.49. The molecule has 3 aromatic heterocycles. The second kappa shape index (κ2) is 7.66. The summed E-state index contributed by atoms with van der Waals surface area (Å²) < 4.78 is 0. The summed E-state index contributed by atoms with van der Waals surface area (Å²) in [6.07, 6.45) is 3.34. The van der Waals surface area contributed by atoms with Crippen LogP contribution in [-0.4, -0.2) is 41.2 Å². The Labute approximate surface area is 160 Å². The number of pyridine rings is 1. The van der Waals surface area contributed by atoms with Crippen molar-refractivity contribution in [2.45, 2.75) is 13.5 Å². The van der Waals surface area contributed by atoms with Crippen LogP contribution < -0.4 is 10.6 Å². The van der Waals surface area contributed by atoms with Gasteiger partial charge in [-0.05, 0) is 31.2 Å². The van der Waals surface area contributed by atoms with Crippen LogP contribution in [0.5, 0.6) is 0 Å². The third-order valence-electron chi connectivity index (χ3n) is 3.89. The van der Waals surface area contributed by atoms with Crippen molar-refractivity contribution in [1.29, 1.82) is 0 Å². The summed E-state index contributed by atoms with van der Waals surface area (Å²) in [5, 5.41) is 21.0. The number of H-pyrrole nitrogens is 1. The van der Waals surface area contributed by atoms with E-state index < -0.39 is 6.03 Å². The number of anilines is 1. The highest BCUT2D eigenvalue weighted by Gasteiger charge is 2.12. The summed E-state index contributed by atoms with van der Waals surface area (Å²) in [6, 6.07) is 12.7. The molecule has 3 N–H and O–H groups in total. The second-order valence-electron chi connectivity index (χ2n) is 5.91. The van der Waals surface area contributed by atoms with Crippen molar-refractivity contribution in [1.82, 2.24) is 40.5 Å². The SMILES string of the molecule is Cc1nn(-c2ccccc2)nc1NC(=O)NCc1nc(-c2ccncc2)n[nH]1. The zero-order valence-corrected chi connectivity index (χ0v) is 15.0. The van der Waals surface area contributed by atoms with Gasteiger partial charge in [0.15, 0.2) is 11.6 Å². The highest BCUT2D eigenvalue weighted by Crippen LogP contribution is 2.13. The Bertz CT molecular complexity index is 1070. The van der Waals surface area contributed by atoms with Gasteiger partial charge >= 0.3 is 6.03 Å². The molecule has 0 saturated carbocycles. The van der Waals surface area contributed by atoms with Gasteiger partial charge in [0.25, 0.3) is 0 Å². The topological polar surface area (TPSA) is 126 Å². The maximum atomic E-state index is 12.2. The van der Waals surface area contributed by atoms with Crippen LogP contribution in [-0.2, 0) is 6.54 Å². The molecule has 0 bridgehead atoms. The summed E-state index contributed by atoms with van der Waals surface area (Å²) in [5.41, 5.74) is 2.26. The minimum absolute atomic E-state index is 0.190. The molecule has 0 unspecified atom stereocenters. The Morgan fingerprint density at radius 2 is 1.89 bits per heavy atom. The minimum Gasteiger partial charge on any atom is -0.331 e. The number of aryl methyl sites for hydroxylation is 1. The van der Waals surface area contributed by atoms with Gasteiger partial charge in [0.1, 0.15) is 11.5 Å². The summed E-state index contributed by atoms with van der Waals surface area (Å²) in [6.45, 7) is 1.97. The van der Waals surface area contributed by atoms with Crippen molar-refractivity contribution in [2.75, 3.05) is 5.32 Å². The Morgan fingerprint density at radius 3 is 2.68 bits per heavy atom. The normalized spacial score (nSPS) is 10.6. The van der Waals surface area contributed by atoms with E-state index in [0.29, 0.717) is 23.2 Å². The molecule has 10 nitrogen and oxygen atoms in total. The highest BCUT2D eigenvalue weighted by molar-refractivity contribution is 5.88. The van der Waals surface area contributed by atoms with E-state index in [9.17, 15) is 4.79 Å². The first kappa shape index (κ1) is 17.3. The third-order valence-corrected chi connectivity index (χ3v) is 3.89. The maximum Gasteiger partial charge on any atom is 0.320 e. The Balaban J connectivity index is 1.37. The molecule has 2 amide bonds. The number of nitrogens with one attached hydrogen (secondary N) is 3. The summed E-state index contributed by atoms with van der Waals surface area (Å²) in [4.78, 5) is 22.0. The van der Waals surface area contributed by atoms with Crippen LogP contribution in [0.25, 0.3) is 17.1 Å². The fourth-order valence-electron chi connectivity index (χ4n) is 2.49. The number of para-hydroxylation sites is 1. The van der Waals surface area contributed by atoms with Gasteiger partial charge in [-0.2, -0.15) is 10.2 Å². The molecule has 10 heteroatoms. The van der Waals surface area contributed by atoms with Crippen molar-refractivity contribution < 1.29 is 4.79 Å². The highest BCUT2D eigenvalue weighted by atomic mass is 16.2. The van der Waals surface area contributed by atoms with Crippen LogP contribution in [0.15, 0.2) is 54.9 Å². The van der Waals surface area contributed by atoms with Gasteiger partial charge in [0.05, 0.1) is 12.2 Å². The first-order valence-corrected chi connectivity index (χ1v) is 8.55. The van der Waals surface area contributed by atoms with Gasteiger partial charge in [-0.25, -0.2) is 9.78 Å². The van der Waals surface area contributed by atoms with Crippen molar-refractivity contribution in [3.63, 3.8) is 0 Å². The number of aromatic nitrogens is 7. The van der Waals surface area contributed by atoms with Crippen molar-refractivity contribution in [2.24, 2.45) is 0 Å². The number of carbonyl (C=O) groups is 1. The fraction of sp³-hybridized carbons (Fsp3) is 0.111. The van der Waals surface area contributed by atoms with Gasteiger partial charge < -0.3 is 5.32 Å². The van der Waals surface area contributed by atoms with Gasteiger partial charge in [-0.3, -0.25) is 15.4 Å². The summed E-state index contributed by atoms with van der Waals surface area (Å²) >= 11 is 0. The van der Waals surface area contributed by atoms with Gasteiger partial charge in [0, 0.05) is 18.0 Å². The number of aromatic amines is 1. The largest absolute Gasteiger partial charge is 0.331 e. The first-order chi connectivity index (χ1) is 13.7.